The maximum atomic E-state index is 13.6. The molecule has 194 valence electrons. The number of fused-ring (bicyclic) bond motifs is 1. The molecule has 1 aliphatic heterocycles. The van der Waals surface area contributed by atoms with Crippen LogP contribution in [0.15, 0.2) is 66.2 Å². The van der Waals surface area contributed by atoms with Crippen LogP contribution < -0.4 is 9.64 Å². The fourth-order valence-corrected chi connectivity index (χ4v) is 6.13. The molecule has 38 heavy (non-hydrogen) atoms. The molecule has 1 N–H and O–H groups in total. The standard InChI is InChI=1S/C29H24Cl2N2O4S/c1-29(2,3)16-11-9-15(10-12-16)23-22(24(34)18-13-17(30)14-19(31)26(18)37-4)25(35)27(36)33(23)28-32-20-7-5-6-8-21(20)38-28/h5-14,23,34H,1-4H3/b24-22+. The van der Waals surface area contributed by atoms with Crippen molar-refractivity contribution in [2.75, 3.05) is 12.0 Å². The van der Waals surface area contributed by atoms with Crippen molar-refractivity contribution in [3.05, 3.63) is 93.0 Å². The fourth-order valence-electron chi connectivity index (χ4n) is 4.56. The molecule has 1 aromatic heterocycles. The lowest BCUT2D eigenvalue weighted by Gasteiger charge is -2.25. The summed E-state index contributed by atoms with van der Waals surface area (Å²) in [6, 6.07) is 17.1. The highest BCUT2D eigenvalue weighted by molar-refractivity contribution is 7.22. The number of methoxy groups -OCH3 is 1. The van der Waals surface area contributed by atoms with Crippen LogP contribution in [0.1, 0.15) is 43.5 Å². The summed E-state index contributed by atoms with van der Waals surface area (Å²) in [4.78, 5) is 33.1. The molecule has 1 amide bonds. The molecule has 0 saturated carbocycles. The smallest absolute Gasteiger partial charge is 0.301 e. The van der Waals surface area contributed by atoms with Crippen LogP contribution >= 0.6 is 34.5 Å². The first-order valence-electron chi connectivity index (χ1n) is 11.8. The van der Waals surface area contributed by atoms with Gasteiger partial charge in [0.2, 0.25) is 0 Å². The molecule has 9 heteroatoms. The highest BCUT2D eigenvalue weighted by Gasteiger charge is 2.48. The van der Waals surface area contributed by atoms with Crippen molar-refractivity contribution in [2.24, 2.45) is 0 Å². The number of halogens is 2. The summed E-state index contributed by atoms with van der Waals surface area (Å²) in [7, 11) is 1.40. The Balaban J connectivity index is 1.76. The van der Waals surface area contributed by atoms with Gasteiger partial charge in [0.1, 0.15) is 11.5 Å². The molecule has 6 nitrogen and oxygen atoms in total. The van der Waals surface area contributed by atoms with E-state index in [9.17, 15) is 14.7 Å². The molecule has 0 radical (unpaired) electrons. The van der Waals surface area contributed by atoms with Gasteiger partial charge in [0.05, 0.1) is 39.5 Å². The van der Waals surface area contributed by atoms with E-state index >= 15 is 0 Å². The second-order valence-electron chi connectivity index (χ2n) is 9.97. The van der Waals surface area contributed by atoms with Gasteiger partial charge in [-0.1, -0.05) is 91.7 Å². The van der Waals surface area contributed by atoms with E-state index in [0.29, 0.717) is 16.2 Å². The van der Waals surface area contributed by atoms with E-state index in [-0.39, 0.29) is 32.3 Å². The van der Waals surface area contributed by atoms with Crippen molar-refractivity contribution in [1.82, 2.24) is 4.98 Å². The summed E-state index contributed by atoms with van der Waals surface area (Å²) in [5, 5.41) is 12.3. The zero-order chi connectivity index (χ0) is 27.4. The number of hydrogen-bond acceptors (Lipinski definition) is 6. The fraction of sp³-hybridized carbons (Fsp3) is 0.207. The summed E-state index contributed by atoms with van der Waals surface area (Å²) in [5.41, 5.74) is 2.35. The Labute approximate surface area is 234 Å². The minimum absolute atomic E-state index is 0.0989. The lowest BCUT2D eigenvalue weighted by Crippen LogP contribution is -2.29. The number of carbonyl (C=O) groups excluding carboxylic acids is 2. The van der Waals surface area contributed by atoms with E-state index in [1.165, 1.54) is 35.5 Å². The van der Waals surface area contributed by atoms with Gasteiger partial charge in [0, 0.05) is 5.02 Å². The molecule has 0 bridgehead atoms. The van der Waals surface area contributed by atoms with Crippen LogP contribution in [0.25, 0.3) is 16.0 Å². The molecule has 1 fully saturated rings. The number of anilines is 1. The van der Waals surface area contributed by atoms with Crippen LogP contribution in [-0.4, -0.2) is 28.9 Å². The Bertz CT molecular complexity index is 1590. The lowest BCUT2D eigenvalue weighted by molar-refractivity contribution is -0.132. The number of amides is 1. The zero-order valence-corrected chi connectivity index (χ0v) is 23.4. The van der Waals surface area contributed by atoms with Crippen molar-refractivity contribution in [2.45, 2.75) is 32.2 Å². The lowest BCUT2D eigenvalue weighted by atomic mass is 9.85. The molecular formula is C29H24Cl2N2O4S. The van der Waals surface area contributed by atoms with Gasteiger partial charge in [0.25, 0.3) is 5.78 Å². The molecule has 0 aliphatic carbocycles. The molecule has 3 aromatic carbocycles. The molecule has 0 spiro atoms. The van der Waals surface area contributed by atoms with E-state index in [2.05, 4.69) is 25.8 Å². The number of para-hydroxylation sites is 1. The van der Waals surface area contributed by atoms with Gasteiger partial charge < -0.3 is 9.84 Å². The second-order valence-corrected chi connectivity index (χ2v) is 11.8. The van der Waals surface area contributed by atoms with E-state index in [0.717, 1.165) is 10.3 Å². The number of ketones is 1. The first-order valence-corrected chi connectivity index (χ1v) is 13.4. The van der Waals surface area contributed by atoms with Crippen molar-refractivity contribution >= 4 is 67.3 Å². The van der Waals surface area contributed by atoms with E-state index in [1.807, 2.05) is 48.5 Å². The number of hydrogen-bond donors (Lipinski definition) is 1. The Morgan fingerprint density at radius 2 is 1.74 bits per heavy atom. The quantitative estimate of drug-likeness (QED) is 0.157. The summed E-state index contributed by atoms with van der Waals surface area (Å²) >= 11 is 13.9. The highest BCUT2D eigenvalue weighted by Crippen LogP contribution is 2.46. The number of ether oxygens (including phenoxy) is 1. The van der Waals surface area contributed by atoms with Crippen LogP contribution in [-0.2, 0) is 15.0 Å². The van der Waals surface area contributed by atoms with Crippen molar-refractivity contribution < 1.29 is 19.4 Å². The molecule has 1 unspecified atom stereocenters. The average Bonchev–Trinajstić information content (AvgIpc) is 3.41. The van der Waals surface area contributed by atoms with Gasteiger partial charge in [-0.05, 0) is 40.8 Å². The van der Waals surface area contributed by atoms with Crippen LogP contribution in [0.2, 0.25) is 10.0 Å². The molecule has 4 aromatic rings. The second kappa shape index (κ2) is 9.73. The van der Waals surface area contributed by atoms with E-state index in [1.54, 1.807) is 0 Å². The minimum atomic E-state index is -0.938. The number of Topliss-reactive ketones (excluding diaryl/α,β-unsaturated/α-hetero) is 1. The molecule has 1 atom stereocenters. The van der Waals surface area contributed by atoms with Gasteiger partial charge in [-0.25, -0.2) is 4.98 Å². The Kier molecular flexibility index (Phi) is 6.71. The molecule has 1 aliphatic rings. The van der Waals surface area contributed by atoms with Gasteiger partial charge >= 0.3 is 5.91 Å². The van der Waals surface area contributed by atoms with Crippen LogP contribution in [0, 0.1) is 0 Å². The largest absolute Gasteiger partial charge is 0.507 e. The summed E-state index contributed by atoms with van der Waals surface area (Å²) in [6.45, 7) is 6.30. The third-order valence-electron chi connectivity index (χ3n) is 6.49. The predicted molar refractivity (Wildman–Crippen MR) is 153 cm³/mol. The van der Waals surface area contributed by atoms with Gasteiger partial charge in [-0.3, -0.25) is 14.5 Å². The van der Waals surface area contributed by atoms with E-state index < -0.39 is 23.5 Å². The van der Waals surface area contributed by atoms with Crippen molar-refractivity contribution in [1.29, 1.82) is 0 Å². The maximum absolute atomic E-state index is 13.6. The summed E-state index contributed by atoms with van der Waals surface area (Å²) in [6.07, 6.45) is 0. The third kappa shape index (κ3) is 4.45. The predicted octanol–water partition coefficient (Wildman–Crippen LogP) is 7.54. The third-order valence-corrected chi connectivity index (χ3v) is 8.03. The van der Waals surface area contributed by atoms with Gasteiger partial charge in [0.15, 0.2) is 5.13 Å². The molecule has 2 heterocycles. The number of aliphatic hydroxyl groups excluding tert-OH is 1. The van der Waals surface area contributed by atoms with Gasteiger partial charge in [-0.15, -0.1) is 0 Å². The van der Waals surface area contributed by atoms with E-state index in [4.69, 9.17) is 27.9 Å². The van der Waals surface area contributed by atoms with Crippen molar-refractivity contribution in [3.63, 3.8) is 0 Å². The summed E-state index contributed by atoms with van der Waals surface area (Å²) in [5.74, 6) is -1.92. The number of aliphatic hydroxyl groups is 1. The number of carbonyl (C=O) groups is 2. The number of benzene rings is 3. The molecule has 5 rings (SSSR count). The number of rotatable bonds is 4. The monoisotopic (exact) mass is 566 g/mol. The molecule has 1 saturated heterocycles. The zero-order valence-electron chi connectivity index (χ0n) is 21.1. The van der Waals surface area contributed by atoms with Crippen molar-refractivity contribution in [3.8, 4) is 5.75 Å². The first kappa shape index (κ1) is 26.2. The highest BCUT2D eigenvalue weighted by atomic mass is 35.5. The normalized spacial score (nSPS) is 17.4. The number of thiazole rings is 1. The Morgan fingerprint density at radius 3 is 2.37 bits per heavy atom. The number of nitrogens with zero attached hydrogens (tertiary/aromatic N) is 2. The summed E-state index contributed by atoms with van der Waals surface area (Å²) < 4.78 is 6.28. The SMILES string of the molecule is COc1c(Cl)cc(Cl)cc1/C(O)=C1\C(=O)C(=O)N(c2nc3ccccc3s2)C1c1ccc(C(C)(C)C)cc1. The van der Waals surface area contributed by atoms with Crippen LogP contribution in [0.4, 0.5) is 5.13 Å². The topological polar surface area (TPSA) is 79.7 Å². The average molecular weight is 567 g/mol. The minimum Gasteiger partial charge on any atom is -0.507 e. The Morgan fingerprint density at radius 1 is 1.05 bits per heavy atom. The van der Waals surface area contributed by atoms with Crippen LogP contribution in [0.3, 0.4) is 0 Å². The molecular weight excluding hydrogens is 543 g/mol. The van der Waals surface area contributed by atoms with Gasteiger partial charge in [-0.2, -0.15) is 0 Å². The number of aromatic nitrogens is 1. The van der Waals surface area contributed by atoms with Crippen LogP contribution in [0.5, 0.6) is 5.75 Å². The Hall–Kier alpha value is -3.39. The first-order chi connectivity index (χ1) is 18.0. The maximum Gasteiger partial charge on any atom is 0.301 e.